The van der Waals surface area contributed by atoms with Gasteiger partial charge in [0.05, 0.1) is 5.56 Å². The van der Waals surface area contributed by atoms with Crippen molar-refractivity contribution >= 4 is 21.8 Å². The molecule has 1 aromatic rings. The van der Waals surface area contributed by atoms with Gasteiger partial charge in [0.2, 0.25) is 0 Å². The zero-order valence-electron chi connectivity index (χ0n) is 9.60. The summed E-state index contributed by atoms with van der Waals surface area (Å²) in [6.07, 6.45) is 0. The molecular formula is C12H15BrFNO. The molecule has 16 heavy (non-hydrogen) atoms. The highest BCUT2D eigenvalue weighted by Gasteiger charge is 2.21. The molecule has 4 heteroatoms. The van der Waals surface area contributed by atoms with Gasteiger partial charge < -0.3 is 5.32 Å². The minimum Gasteiger partial charge on any atom is -0.346 e. The van der Waals surface area contributed by atoms with Crippen molar-refractivity contribution < 1.29 is 9.18 Å². The van der Waals surface area contributed by atoms with E-state index in [0.29, 0.717) is 10.9 Å². The Morgan fingerprint density at radius 3 is 2.69 bits per heavy atom. The van der Waals surface area contributed by atoms with E-state index in [1.165, 1.54) is 6.07 Å². The summed E-state index contributed by atoms with van der Waals surface area (Å²) in [5, 5.41) is 3.37. The largest absolute Gasteiger partial charge is 0.346 e. The van der Waals surface area contributed by atoms with Gasteiger partial charge in [0.25, 0.3) is 5.91 Å². The first-order chi connectivity index (χ1) is 7.37. The molecule has 0 aromatic heterocycles. The van der Waals surface area contributed by atoms with Crippen LogP contribution in [-0.4, -0.2) is 16.8 Å². The maximum absolute atomic E-state index is 13.7. The molecule has 0 aliphatic rings. The van der Waals surface area contributed by atoms with Gasteiger partial charge in [-0.15, -0.1) is 0 Å². The molecule has 1 amide bonds. The van der Waals surface area contributed by atoms with Crippen LogP contribution in [0.25, 0.3) is 0 Å². The number of halogens is 2. The van der Waals surface area contributed by atoms with Crippen molar-refractivity contribution in [3.8, 4) is 0 Å². The summed E-state index contributed by atoms with van der Waals surface area (Å²) in [7, 11) is 0. The highest BCUT2D eigenvalue weighted by atomic mass is 79.9. The molecule has 0 atom stereocenters. The third-order valence-corrected chi connectivity index (χ3v) is 3.62. The number of alkyl halides is 1. The van der Waals surface area contributed by atoms with E-state index in [1.807, 2.05) is 13.8 Å². The third kappa shape index (κ3) is 3.04. The Hall–Kier alpha value is -0.900. The number of carbonyl (C=O) groups is 1. The second-order valence-corrected chi connectivity index (χ2v) is 4.97. The van der Waals surface area contributed by atoms with E-state index in [2.05, 4.69) is 21.2 Å². The Kier molecular flexibility index (Phi) is 4.08. The van der Waals surface area contributed by atoms with Gasteiger partial charge in [-0.3, -0.25) is 4.79 Å². The van der Waals surface area contributed by atoms with E-state index in [4.69, 9.17) is 0 Å². The van der Waals surface area contributed by atoms with Crippen LogP contribution < -0.4 is 5.32 Å². The van der Waals surface area contributed by atoms with Crippen LogP contribution in [0.1, 0.15) is 29.8 Å². The number of carbonyl (C=O) groups excluding carboxylic acids is 1. The predicted octanol–water partition coefficient (Wildman–Crippen LogP) is 3.04. The summed E-state index contributed by atoms with van der Waals surface area (Å²) < 4.78 is 13.7. The van der Waals surface area contributed by atoms with Crippen molar-refractivity contribution in [2.75, 3.05) is 5.33 Å². The van der Waals surface area contributed by atoms with Crippen LogP contribution in [-0.2, 0) is 0 Å². The second kappa shape index (κ2) is 4.95. The molecular weight excluding hydrogens is 273 g/mol. The fourth-order valence-electron chi connectivity index (χ4n) is 1.23. The lowest BCUT2D eigenvalue weighted by molar-refractivity contribution is 0.0917. The first-order valence-electron chi connectivity index (χ1n) is 5.01. The number of hydrogen-bond acceptors (Lipinski definition) is 1. The molecule has 1 rings (SSSR count). The molecule has 1 N–H and O–H groups in total. The van der Waals surface area contributed by atoms with E-state index in [-0.39, 0.29) is 11.5 Å². The first-order valence-corrected chi connectivity index (χ1v) is 6.13. The van der Waals surface area contributed by atoms with Crippen LogP contribution in [0.3, 0.4) is 0 Å². The van der Waals surface area contributed by atoms with E-state index >= 15 is 0 Å². The number of nitrogens with one attached hydrogen (secondary N) is 1. The molecule has 0 fully saturated rings. The topological polar surface area (TPSA) is 29.1 Å². The Morgan fingerprint density at radius 2 is 2.12 bits per heavy atom. The van der Waals surface area contributed by atoms with Gasteiger partial charge >= 0.3 is 0 Å². The summed E-state index contributed by atoms with van der Waals surface area (Å²) in [6.45, 7) is 5.38. The number of rotatable bonds is 3. The zero-order chi connectivity index (χ0) is 12.3. The molecule has 0 aliphatic carbocycles. The first kappa shape index (κ1) is 13.2. The Balaban J connectivity index is 2.94. The smallest absolute Gasteiger partial charge is 0.254 e. The zero-order valence-corrected chi connectivity index (χ0v) is 11.2. The van der Waals surface area contributed by atoms with E-state index in [0.717, 1.165) is 0 Å². The van der Waals surface area contributed by atoms with Crippen molar-refractivity contribution in [1.29, 1.82) is 0 Å². The number of benzene rings is 1. The summed E-state index contributed by atoms with van der Waals surface area (Å²) >= 11 is 3.30. The van der Waals surface area contributed by atoms with E-state index < -0.39 is 11.4 Å². The molecule has 0 bridgehead atoms. The van der Waals surface area contributed by atoms with Gasteiger partial charge in [0.15, 0.2) is 0 Å². The number of amides is 1. The van der Waals surface area contributed by atoms with Gasteiger partial charge in [0.1, 0.15) is 5.82 Å². The lowest BCUT2D eigenvalue weighted by Crippen LogP contribution is -2.45. The number of hydrogen-bond donors (Lipinski definition) is 1. The molecule has 0 aliphatic heterocycles. The quantitative estimate of drug-likeness (QED) is 0.851. The second-order valence-electron chi connectivity index (χ2n) is 4.41. The molecule has 0 radical (unpaired) electrons. The predicted molar refractivity (Wildman–Crippen MR) is 66.5 cm³/mol. The average molecular weight is 288 g/mol. The van der Waals surface area contributed by atoms with Crippen molar-refractivity contribution in [1.82, 2.24) is 5.32 Å². The molecule has 88 valence electrons. The molecule has 0 heterocycles. The summed E-state index contributed by atoms with van der Waals surface area (Å²) in [5.74, 6) is -0.837. The Labute approximate surface area is 103 Å². The minimum absolute atomic E-state index is 0.0917. The van der Waals surface area contributed by atoms with Gasteiger partial charge in [0, 0.05) is 10.9 Å². The Morgan fingerprint density at radius 1 is 1.50 bits per heavy atom. The van der Waals surface area contributed by atoms with Gasteiger partial charge in [-0.2, -0.15) is 0 Å². The molecule has 0 spiro atoms. The van der Waals surface area contributed by atoms with Crippen LogP contribution >= 0.6 is 15.9 Å². The summed E-state index contributed by atoms with van der Waals surface area (Å²) in [4.78, 5) is 11.8. The van der Waals surface area contributed by atoms with Crippen LogP contribution in [0.2, 0.25) is 0 Å². The van der Waals surface area contributed by atoms with Gasteiger partial charge in [-0.1, -0.05) is 28.1 Å². The monoisotopic (exact) mass is 287 g/mol. The SMILES string of the molecule is Cc1cccc(C(=O)NC(C)(C)CBr)c1F. The standard InChI is InChI=1S/C12H15BrFNO/c1-8-5-4-6-9(10(8)14)11(16)15-12(2,3)7-13/h4-6H,7H2,1-3H3,(H,15,16). The van der Waals surface area contributed by atoms with Crippen molar-refractivity contribution in [2.24, 2.45) is 0 Å². The highest BCUT2D eigenvalue weighted by Crippen LogP contribution is 2.14. The van der Waals surface area contributed by atoms with Crippen LogP contribution in [0, 0.1) is 12.7 Å². The fraction of sp³-hybridized carbons (Fsp3) is 0.417. The minimum atomic E-state index is -0.453. The Bertz CT molecular complexity index is 404. The molecule has 0 saturated heterocycles. The highest BCUT2D eigenvalue weighted by molar-refractivity contribution is 9.09. The number of aryl methyl sites for hydroxylation is 1. The summed E-state index contributed by atoms with van der Waals surface area (Å²) in [6, 6.07) is 4.80. The summed E-state index contributed by atoms with van der Waals surface area (Å²) in [5.41, 5.74) is 0.172. The molecule has 1 aromatic carbocycles. The van der Waals surface area contributed by atoms with Crippen LogP contribution in [0.15, 0.2) is 18.2 Å². The fourth-order valence-corrected chi connectivity index (χ4v) is 1.37. The molecule has 2 nitrogen and oxygen atoms in total. The molecule has 0 unspecified atom stereocenters. The van der Waals surface area contributed by atoms with Crippen molar-refractivity contribution in [3.63, 3.8) is 0 Å². The van der Waals surface area contributed by atoms with Gasteiger partial charge in [-0.05, 0) is 32.4 Å². The van der Waals surface area contributed by atoms with Crippen molar-refractivity contribution in [2.45, 2.75) is 26.3 Å². The lowest BCUT2D eigenvalue weighted by Gasteiger charge is -2.23. The average Bonchev–Trinajstić information content (AvgIpc) is 2.21. The van der Waals surface area contributed by atoms with Crippen molar-refractivity contribution in [3.05, 3.63) is 35.1 Å². The van der Waals surface area contributed by atoms with Gasteiger partial charge in [-0.25, -0.2) is 4.39 Å². The molecule has 0 saturated carbocycles. The maximum atomic E-state index is 13.7. The van der Waals surface area contributed by atoms with Crippen LogP contribution in [0.4, 0.5) is 4.39 Å². The normalized spacial score (nSPS) is 11.3. The van der Waals surface area contributed by atoms with E-state index in [1.54, 1.807) is 19.1 Å². The maximum Gasteiger partial charge on any atom is 0.254 e. The lowest BCUT2D eigenvalue weighted by atomic mass is 10.1. The third-order valence-electron chi connectivity index (χ3n) is 2.22. The van der Waals surface area contributed by atoms with E-state index in [9.17, 15) is 9.18 Å². The van der Waals surface area contributed by atoms with Crippen LogP contribution in [0.5, 0.6) is 0 Å².